The second-order valence-corrected chi connectivity index (χ2v) is 4.48. The molecule has 1 aromatic rings. The highest BCUT2D eigenvalue weighted by Crippen LogP contribution is 2.11. The first-order chi connectivity index (χ1) is 8.71. The van der Waals surface area contributed by atoms with Gasteiger partial charge in [0.2, 0.25) is 0 Å². The van der Waals surface area contributed by atoms with Gasteiger partial charge < -0.3 is 14.6 Å². The highest BCUT2D eigenvalue weighted by molar-refractivity contribution is 5.41. The highest BCUT2D eigenvalue weighted by atomic mass is 16.5. The maximum atomic E-state index is 11.6. The fourth-order valence-electron chi connectivity index (χ4n) is 1.94. The van der Waals surface area contributed by atoms with Crippen molar-refractivity contribution in [3.05, 3.63) is 28.7 Å². The Morgan fingerprint density at radius 2 is 2.17 bits per heavy atom. The number of hydrogen-bond donors (Lipinski definition) is 1. The number of nitrogens with zero attached hydrogens (tertiary/aromatic N) is 1. The third-order valence-corrected chi connectivity index (χ3v) is 3.02. The highest BCUT2D eigenvalue weighted by Gasteiger charge is 2.05. The lowest BCUT2D eigenvalue weighted by molar-refractivity contribution is 0.186. The van der Waals surface area contributed by atoms with Crippen molar-refractivity contribution in [2.24, 2.45) is 0 Å². The van der Waals surface area contributed by atoms with Crippen LogP contribution in [0.25, 0.3) is 0 Å². The topological polar surface area (TPSA) is 43.3 Å². The molecular weight excluding hydrogens is 228 g/mol. The summed E-state index contributed by atoms with van der Waals surface area (Å²) in [7, 11) is 1.64. The lowest BCUT2D eigenvalue weighted by atomic mass is 10.1. The van der Waals surface area contributed by atoms with E-state index in [0.717, 1.165) is 24.9 Å². The molecule has 102 valence electrons. The van der Waals surface area contributed by atoms with Crippen LogP contribution < -0.4 is 10.9 Å². The van der Waals surface area contributed by atoms with E-state index in [9.17, 15) is 4.79 Å². The molecule has 1 rings (SSSR count). The zero-order valence-electron chi connectivity index (χ0n) is 11.6. The van der Waals surface area contributed by atoms with Gasteiger partial charge in [-0.15, -0.1) is 0 Å². The third kappa shape index (κ3) is 4.53. The van der Waals surface area contributed by atoms with Crippen molar-refractivity contribution in [1.29, 1.82) is 0 Å². The minimum Gasteiger partial charge on any atom is -0.383 e. The van der Waals surface area contributed by atoms with E-state index in [2.05, 4.69) is 19.2 Å². The van der Waals surface area contributed by atoms with E-state index in [1.54, 1.807) is 17.7 Å². The monoisotopic (exact) mass is 252 g/mol. The van der Waals surface area contributed by atoms with Gasteiger partial charge in [0.05, 0.1) is 12.3 Å². The van der Waals surface area contributed by atoms with Crippen LogP contribution in [-0.4, -0.2) is 24.3 Å². The molecule has 0 saturated carbocycles. The fourth-order valence-corrected chi connectivity index (χ4v) is 1.94. The van der Waals surface area contributed by atoms with E-state index in [0.29, 0.717) is 19.2 Å². The number of ether oxygens (including phenoxy) is 1. The molecule has 0 aliphatic heterocycles. The van der Waals surface area contributed by atoms with Crippen LogP contribution in [0.15, 0.2) is 23.1 Å². The van der Waals surface area contributed by atoms with E-state index in [1.165, 1.54) is 0 Å². The molecule has 0 aliphatic carbocycles. The van der Waals surface area contributed by atoms with Gasteiger partial charge in [0, 0.05) is 32.0 Å². The molecule has 1 heterocycles. The Morgan fingerprint density at radius 1 is 1.39 bits per heavy atom. The Kier molecular flexibility index (Phi) is 6.50. The first-order valence-corrected chi connectivity index (χ1v) is 6.67. The van der Waals surface area contributed by atoms with Crippen molar-refractivity contribution in [2.45, 2.75) is 45.7 Å². The van der Waals surface area contributed by atoms with Gasteiger partial charge in [-0.1, -0.05) is 20.3 Å². The molecule has 1 N–H and O–H groups in total. The van der Waals surface area contributed by atoms with E-state index < -0.39 is 0 Å². The molecule has 0 radical (unpaired) electrons. The average Bonchev–Trinajstić information content (AvgIpc) is 2.38. The van der Waals surface area contributed by atoms with Gasteiger partial charge >= 0.3 is 0 Å². The lowest BCUT2D eigenvalue weighted by Crippen LogP contribution is -2.23. The third-order valence-electron chi connectivity index (χ3n) is 3.02. The fraction of sp³-hybridized carbons (Fsp3) is 0.643. The molecule has 4 heteroatoms. The minimum absolute atomic E-state index is 0.0149. The Bertz CT molecular complexity index is 401. The summed E-state index contributed by atoms with van der Waals surface area (Å²) in [5, 5.41) is 3.47. The van der Waals surface area contributed by atoms with Gasteiger partial charge in [-0.2, -0.15) is 0 Å². The number of methoxy groups -OCH3 is 1. The van der Waals surface area contributed by atoms with E-state index >= 15 is 0 Å². The van der Waals surface area contributed by atoms with Gasteiger partial charge in [-0.25, -0.2) is 0 Å². The molecule has 1 unspecified atom stereocenters. The largest absolute Gasteiger partial charge is 0.383 e. The summed E-state index contributed by atoms with van der Waals surface area (Å²) in [6.45, 7) is 5.50. The Hall–Kier alpha value is -1.29. The van der Waals surface area contributed by atoms with Crippen molar-refractivity contribution < 1.29 is 4.74 Å². The molecular formula is C14H24N2O2. The quantitative estimate of drug-likeness (QED) is 0.773. The summed E-state index contributed by atoms with van der Waals surface area (Å²) in [4.78, 5) is 11.6. The summed E-state index contributed by atoms with van der Waals surface area (Å²) < 4.78 is 6.69. The lowest BCUT2D eigenvalue weighted by Gasteiger charge is -2.18. The Balaban J connectivity index is 2.74. The summed E-state index contributed by atoms with van der Waals surface area (Å²) >= 11 is 0. The molecule has 0 aliphatic rings. The molecule has 0 bridgehead atoms. The van der Waals surface area contributed by atoms with Crippen LogP contribution in [0, 0.1) is 0 Å². The summed E-state index contributed by atoms with van der Waals surface area (Å²) in [6.07, 6.45) is 5.27. The zero-order chi connectivity index (χ0) is 13.4. The van der Waals surface area contributed by atoms with Crippen molar-refractivity contribution in [3.8, 4) is 0 Å². The van der Waals surface area contributed by atoms with Crippen molar-refractivity contribution in [3.63, 3.8) is 0 Å². The Labute approximate surface area is 109 Å². The molecule has 0 amide bonds. The van der Waals surface area contributed by atoms with Crippen LogP contribution in [0.2, 0.25) is 0 Å². The molecule has 1 atom stereocenters. The number of hydrogen-bond acceptors (Lipinski definition) is 3. The number of rotatable bonds is 8. The van der Waals surface area contributed by atoms with Crippen molar-refractivity contribution >= 4 is 5.69 Å². The summed E-state index contributed by atoms with van der Waals surface area (Å²) in [5.74, 6) is 0. The SMILES string of the molecule is CCCC(CC)Nc1ccc(=O)n(CCOC)c1. The van der Waals surface area contributed by atoms with Crippen LogP contribution in [0.4, 0.5) is 5.69 Å². The predicted octanol–water partition coefficient (Wildman–Crippen LogP) is 2.49. The van der Waals surface area contributed by atoms with E-state index in [-0.39, 0.29) is 5.56 Å². The molecule has 0 aromatic carbocycles. The minimum atomic E-state index is 0.0149. The maximum Gasteiger partial charge on any atom is 0.250 e. The Morgan fingerprint density at radius 3 is 2.78 bits per heavy atom. The van der Waals surface area contributed by atoms with Crippen LogP contribution >= 0.6 is 0 Å². The predicted molar refractivity (Wildman–Crippen MR) is 75.2 cm³/mol. The normalized spacial score (nSPS) is 12.4. The number of pyridine rings is 1. The first kappa shape index (κ1) is 14.8. The molecule has 1 aromatic heterocycles. The second-order valence-electron chi connectivity index (χ2n) is 4.48. The number of aromatic nitrogens is 1. The van der Waals surface area contributed by atoms with Crippen molar-refractivity contribution in [1.82, 2.24) is 4.57 Å². The summed E-state index contributed by atoms with van der Waals surface area (Å²) in [6, 6.07) is 3.93. The van der Waals surface area contributed by atoms with Crippen LogP contribution in [0.3, 0.4) is 0 Å². The molecule has 0 saturated heterocycles. The number of anilines is 1. The number of nitrogens with one attached hydrogen (secondary N) is 1. The molecule has 0 fully saturated rings. The molecule has 0 spiro atoms. The van der Waals surface area contributed by atoms with Gasteiger partial charge in [0.15, 0.2) is 0 Å². The standard InChI is InChI=1S/C14H24N2O2/c1-4-6-12(5-2)15-13-7-8-14(17)16(11-13)9-10-18-3/h7-8,11-12,15H,4-6,9-10H2,1-3H3. The average molecular weight is 252 g/mol. The van der Waals surface area contributed by atoms with Gasteiger partial charge in [0.1, 0.15) is 0 Å². The molecule has 4 nitrogen and oxygen atoms in total. The molecule has 18 heavy (non-hydrogen) atoms. The van der Waals surface area contributed by atoms with Crippen molar-refractivity contribution in [2.75, 3.05) is 19.0 Å². The van der Waals surface area contributed by atoms with Gasteiger partial charge in [-0.05, 0) is 18.9 Å². The van der Waals surface area contributed by atoms with Crippen LogP contribution in [-0.2, 0) is 11.3 Å². The van der Waals surface area contributed by atoms with E-state index in [1.807, 2.05) is 12.3 Å². The van der Waals surface area contributed by atoms with E-state index in [4.69, 9.17) is 4.74 Å². The van der Waals surface area contributed by atoms with Crippen LogP contribution in [0.1, 0.15) is 33.1 Å². The zero-order valence-corrected chi connectivity index (χ0v) is 11.6. The second kappa shape index (κ2) is 7.93. The van der Waals surface area contributed by atoms with Crippen LogP contribution in [0.5, 0.6) is 0 Å². The maximum absolute atomic E-state index is 11.6. The van der Waals surface area contributed by atoms with Gasteiger partial charge in [-0.3, -0.25) is 4.79 Å². The first-order valence-electron chi connectivity index (χ1n) is 6.67. The van der Waals surface area contributed by atoms with Gasteiger partial charge in [0.25, 0.3) is 5.56 Å². The smallest absolute Gasteiger partial charge is 0.250 e. The summed E-state index contributed by atoms with van der Waals surface area (Å²) in [5.41, 5.74) is 1.02.